The number of aromatic nitrogens is 4. The summed E-state index contributed by atoms with van der Waals surface area (Å²) in [5, 5.41) is 28.7. The van der Waals surface area contributed by atoms with Crippen molar-refractivity contribution >= 4 is 40.0 Å². The van der Waals surface area contributed by atoms with Crippen molar-refractivity contribution in [1.82, 2.24) is 19.5 Å². The smallest absolute Gasteiger partial charge is 1.00 e. The van der Waals surface area contributed by atoms with Crippen LogP contribution in [0.1, 0.15) is 9.08 Å². The summed E-state index contributed by atoms with van der Waals surface area (Å²) < 4.78 is 6.85. The minimum Gasteiger partial charge on any atom is -1.00 e. The minimum atomic E-state index is -1.19. The summed E-state index contributed by atoms with van der Waals surface area (Å²) in [5.41, 5.74) is 6.44. The van der Waals surface area contributed by atoms with Crippen molar-refractivity contribution < 1.29 is 22.9 Å². The maximum atomic E-state index is 9.95. The van der Waals surface area contributed by atoms with Gasteiger partial charge < -0.3 is 28.6 Å². The molecule has 4 atom stereocenters. The Labute approximate surface area is 132 Å². The number of imidazole rings is 1. The Morgan fingerprint density at radius 3 is 2.70 bits per heavy atom. The predicted molar refractivity (Wildman–Crippen MR) is 70.7 cm³/mol. The van der Waals surface area contributed by atoms with E-state index < -0.39 is 31.1 Å². The van der Waals surface area contributed by atoms with E-state index in [2.05, 4.69) is 15.0 Å². The first kappa shape index (κ1) is 15.3. The number of hydrogen-bond donors (Lipinski definition) is 4. The van der Waals surface area contributed by atoms with Crippen LogP contribution in [0.3, 0.4) is 0 Å². The fourth-order valence-corrected chi connectivity index (χ4v) is 2.17. The molecule has 106 valence electrons. The molecule has 20 heavy (non-hydrogen) atoms. The molecule has 1 saturated heterocycles. The summed E-state index contributed by atoms with van der Waals surface area (Å²) in [5.74, 6) is 0.218. The van der Waals surface area contributed by atoms with Gasteiger partial charge in [0.05, 0.1) is 12.9 Å². The molecular weight excluding hydrogens is 278 g/mol. The predicted octanol–water partition coefficient (Wildman–Crippen LogP) is -2.14. The van der Waals surface area contributed by atoms with E-state index in [1.54, 1.807) is 0 Å². The SMILES string of the molecule is Nc1ncnc2c1ncn2[C@@H]1O[C@H](CO)[C@@H](O)[C@H]1O.[H-].[H-].[Mg+2]. The fraction of sp³-hybridized carbons (Fsp3) is 0.500. The van der Waals surface area contributed by atoms with Gasteiger partial charge in [0.2, 0.25) is 0 Å². The van der Waals surface area contributed by atoms with Crippen LogP contribution in [0, 0.1) is 0 Å². The average molecular weight is 294 g/mol. The van der Waals surface area contributed by atoms with Crippen molar-refractivity contribution in [2.45, 2.75) is 24.5 Å². The van der Waals surface area contributed by atoms with Gasteiger partial charge in [-0.25, -0.2) is 15.0 Å². The third-order valence-electron chi connectivity index (χ3n) is 3.18. The molecular formula is C10H15MgN5O4. The molecule has 0 spiro atoms. The van der Waals surface area contributed by atoms with Gasteiger partial charge in [0.1, 0.15) is 30.2 Å². The molecule has 1 aliphatic rings. The molecule has 0 amide bonds. The summed E-state index contributed by atoms with van der Waals surface area (Å²) >= 11 is 0. The van der Waals surface area contributed by atoms with Gasteiger partial charge in [-0.05, 0) is 0 Å². The summed E-state index contributed by atoms with van der Waals surface area (Å²) in [6.45, 7) is -0.390. The normalized spacial score (nSPS) is 29.6. The average Bonchev–Trinajstić information content (AvgIpc) is 2.94. The van der Waals surface area contributed by atoms with E-state index >= 15 is 0 Å². The standard InChI is InChI=1S/C10H13N5O4.Mg.2H/c11-8-5-9(13-2-12-8)15(3-14-5)10-7(18)6(17)4(1-16)19-10;;;/h2-4,6-7,10,16-18H,1H2,(H2,11,12,13);;;/q;+2;2*-1/t4-,6-,7-,10-;;;/m1.../s1. The van der Waals surface area contributed by atoms with Gasteiger partial charge in [0.15, 0.2) is 17.7 Å². The van der Waals surface area contributed by atoms with E-state index in [-0.39, 0.29) is 31.7 Å². The first-order valence-corrected chi connectivity index (χ1v) is 5.69. The van der Waals surface area contributed by atoms with Gasteiger partial charge in [0, 0.05) is 0 Å². The van der Waals surface area contributed by atoms with E-state index in [9.17, 15) is 10.2 Å². The molecule has 0 saturated carbocycles. The number of fused-ring (bicyclic) bond motifs is 1. The Bertz CT molecular complexity index is 618. The second-order valence-electron chi connectivity index (χ2n) is 4.31. The first-order chi connectivity index (χ1) is 9.13. The van der Waals surface area contributed by atoms with Gasteiger partial charge in [-0.15, -0.1) is 0 Å². The Morgan fingerprint density at radius 1 is 1.30 bits per heavy atom. The van der Waals surface area contributed by atoms with E-state index in [0.717, 1.165) is 0 Å². The third-order valence-corrected chi connectivity index (χ3v) is 3.18. The molecule has 0 radical (unpaired) electrons. The van der Waals surface area contributed by atoms with Crippen LogP contribution >= 0.6 is 0 Å². The van der Waals surface area contributed by atoms with Crippen molar-refractivity contribution in [3.8, 4) is 0 Å². The number of hydrogen-bond acceptors (Lipinski definition) is 8. The Morgan fingerprint density at radius 2 is 2.05 bits per heavy atom. The topological polar surface area (TPSA) is 140 Å². The van der Waals surface area contributed by atoms with Crippen LogP contribution < -0.4 is 5.73 Å². The maximum Gasteiger partial charge on any atom is 2.00 e. The van der Waals surface area contributed by atoms with E-state index in [0.29, 0.717) is 11.2 Å². The first-order valence-electron chi connectivity index (χ1n) is 5.69. The number of nitrogens with zero attached hydrogens (tertiary/aromatic N) is 4. The van der Waals surface area contributed by atoms with Crippen LogP contribution in [-0.4, -0.2) is 82.8 Å². The van der Waals surface area contributed by atoms with Crippen LogP contribution in [0.4, 0.5) is 5.82 Å². The summed E-state index contributed by atoms with van der Waals surface area (Å²) in [7, 11) is 0. The molecule has 0 unspecified atom stereocenters. The second-order valence-corrected chi connectivity index (χ2v) is 4.31. The maximum absolute atomic E-state index is 9.95. The summed E-state index contributed by atoms with van der Waals surface area (Å²) in [6, 6.07) is 0. The number of ether oxygens (including phenoxy) is 1. The Balaban J connectivity index is 0.00000147. The molecule has 0 aliphatic carbocycles. The number of aliphatic hydroxyl groups is 3. The van der Waals surface area contributed by atoms with Gasteiger partial charge in [-0.2, -0.15) is 0 Å². The number of nitrogen functional groups attached to an aromatic ring is 1. The number of aliphatic hydroxyl groups excluding tert-OH is 3. The summed E-state index contributed by atoms with van der Waals surface area (Å²) in [4.78, 5) is 11.9. The number of rotatable bonds is 2. The Kier molecular flexibility index (Phi) is 4.41. The van der Waals surface area contributed by atoms with Crippen LogP contribution in [0.5, 0.6) is 0 Å². The van der Waals surface area contributed by atoms with E-state index in [1.807, 2.05) is 0 Å². The molecule has 3 heterocycles. The number of anilines is 1. The molecule has 2 aromatic rings. The molecule has 0 aromatic carbocycles. The van der Waals surface area contributed by atoms with Crippen LogP contribution in [0.25, 0.3) is 11.2 Å². The zero-order chi connectivity index (χ0) is 13.6. The van der Waals surface area contributed by atoms with Crippen molar-refractivity contribution in [1.29, 1.82) is 0 Å². The molecule has 10 heteroatoms. The second kappa shape index (κ2) is 5.75. The largest absolute Gasteiger partial charge is 2.00 e. The molecule has 0 bridgehead atoms. The molecule has 2 aromatic heterocycles. The quantitative estimate of drug-likeness (QED) is 0.460. The Hall–Kier alpha value is -1.04. The van der Waals surface area contributed by atoms with Crippen molar-refractivity contribution in [3.63, 3.8) is 0 Å². The van der Waals surface area contributed by atoms with Crippen molar-refractivity contribution in [2.75, 3.05) is 12.3 Å². The van der Waals surface area contributed by atoms with E-state index in [1.165, 1.54) is 17.2 Å². The minimum absolute atomic E-state index is 0. The molecule has 1 fully saturated rings. The zero-order valence-electron chi connectivity index (χ0n) is 12.5. The third kappa shape index (κ3) is 2.23. The van der Waals surface area contributed by atoms with Gasteiger partial charge >= 0.3 is 23.1 Å². The zero-order valence-corrected chi connectivity index (χ0v) is 11.9. The summed E-state index contributed by atoms with van der Waals surface area (Å²) in [6.07, 6.45) is -1.42. The van der Waals surface area contributed by atoms with Gasteiger partial charge in [-0.1, -0.05) is 0 Å². The van der Waals surface area contributed by atoms with Crippen molar-refractivity contribution in [3.05, 3.63) is 12.7 Å². The molecule has 3 rings (SSSR count). The van der Waals surface area contributed by atoms with Crippen molar-refractivity contribution in [2.24, 2.45) is 0 Å². The fourth-order valence-electron chi connectivity index (χ4n) is 2.17. The molecule has 9 nitrogen and oxygen atoms in total. The van der Waals surface area contributed by atoms with Gasteiger partial charge in [-0.3, -0.25) is 4.57 Å². The number of nitrogens with two attached hydrogens (primary N) is 1. The molecule has 5 N–H and O–H groups in total. The van der Waals surface area contributed by atoms with Crippen LogP contribution in [-0.2, 0) is 4.74 Å². The monoisotopic (exact) mass is 293 g/mol. The van der Waals surface area contributed by atoms with Crippen LogP contribution in [0.15, 0.2) is 12.7 Å². The van der Waals surface area contributed by atoms with Crippen LogP contribution in [0.2, 0.25) is 0 Å². The van der Waals surface area contributed by atoms with Gasteiger partial charge in [0.25, 0.3) is 0 Å². The van der Waals surface area contributed by atoms with E-state index in [4.69, 9.17) is 15.6 Å². The molecule has 1 aliphatic heterocycles.